The van der Waals surface area contributed by atoms with Crippen molar-refractivity contribution in [2.24, 2.45) is 0 Å². The van der Waals surface area contributed by atoms with Crippen LogP contribution in [0.3, 0.4) is 0 Å². The van der Waals surface area contributed by atoms with Gasteiger partial charge in [-0.2, -0.15) is 0 Å². The molecule has 1 aromatic heterocycles. The Morgan fingerprint density at radius 1 is 1.21 bits per heavy atom. The Morgan fingerprint density at radius 3 is 2.75 bits per heavy atom. The number of aromatic amines is 1. The Labute approximate surface area is 166 Å². The van der Waals surface area contributed by atoms with E-state index in [2.05, 4.69) is 21.8 Å². The lowest BCUT2D eigenvalue weighted by atomic mass is 10.1. The number of rotatable bonds is 4. The van der Waals surface area contributed by atoms with Crippen LogP contribution < -0.4 is 4.74 Å². The van der Waals surface area contributed by atoms with Crippen molar-refractivity contribution in [3.05, 3.63) is 35.7 Å². The first-order chi connectivity index (χ1) is 13.5. The van der Waals surface area contributed by atoms with E-state index < -0.39 is 0 Å². The average Bonchev–Trinajstić information content (AvgIpc) is 3.16. The molecule has 0 bridgehead atoms. The molecule has 0 saturated carbocycles. The van der Waals surface area contributed by atoms with Gasteiger partial charge >= 0.3 is 0 Å². The van der Waals surface area contributed by atoms with Gasteiger partial charge in [-0.1, -0.05) is 12.1 Å². The van der Waals surface area contributed by atoms with Gasteiger partial charge in [0.25, 0.3) is 0 Å². The van der Waals surface area contributed by atoms with Crippen LogP contribution in [-0.2, 0) is 17.8 Å². The molecule has 28 heavy (non-hydrogen) atoms. The summed E-state index contributed by atoms with van der Waals surface area (Å²) in [6, 6.07) is 7.81. The number of nitrogens with zero attached hydrogens (tertiary/aromatic N) is 4. The number of carbonyl (C=O) groups is 1. The van der Waals surface area contributed by atoms with Crippen molar-refractivity contribution < 1.29 is 9.53 Å². The predicted molar refractivity (Wildman–Crippen MR) is 108 cm³/mol. The minimum atomic E-state index is -0.0731. The van der Waals surface area contributed by atoms with Gasteiger partial charge in [0.15, 0.2) is 0 Å². The second kappa shape index (κ2) is 7.93. The predicted octanol–water partition coefficient (Wildman–Crippen LogP) is 1.61. The quantitative estimate of drug-likeness (QED) is 0.869. The Bertz CT molecular complexity index is 841. The van der Waals surface area contributed by atoms with Gasteiger partial charge in [-0.15, -0.1) is 0 Å². The first kappa shape index (κ1) is 19.0. The number of aromatic nitrogens is 2. The molecule has 0 radical (unpaired) electrons. The summed E-state index contributed by atoms with van der Waals surface area (Å²) < 4.78 is 5.32. The summed E-state index contributed by atoms with van der Waals surface area (Å²) in [5, 5.41) is 0. The number of fused-ring (bicyclic) bond motifs is 1. The Balaban J connectivity index is 1.46. The molecule has 1 aromatic carbocycles. The van der Waals surface area contributed by atoms with Gasteiger partial charge < -0.3 is 19.5 Å². The minimum Gasteiger partial charge on any atom is -0.497 e. The van der Waals surface area contributed by atoms with Gasteiger partial charge in [0.05, 0.1) is 31.1 Å². The lowest BCUT2D eigenvalue weighted by molar-refractivity contribution is -0.138. The van der Waals surface area contributed by atoms with Crippen LogP contribution in [0.2, 0.25) is 0 Å². The number of carbonyl (C=O) groups excluding carboxylic acids is 1. The molecule has 1 fully saturated rings. The van der Waals surface area contributed by atoms with E-state index in [0.29, 0.717) is 6.54 Å². The molecular weight excluding hydrogens is 354 g/mol. The van der Waals surface area contributed by atoms with Crippen LogP contribution in [0.15, 0.2) is 24.3 Å². The highest BCUT2D eigenvalue weighted by molar-refractivity contribution is 5.81. The normalized spacial score (nSPS) is 19.3. The highest BCUT2D eigenvalue weighted by Gasteiger charge is 2.31. The molecule has 1 atom stereocenters. The first-order valence-corrected chi connectivity index (χ1v) is 9.98. The third-order valence-corrected chi connectivity index (χ3v) is 5.93. The topological polar surface area (TPSA) is 64.7 Å². The molecule has 3 heterocycles. The molecule has 2 aromatic rings. The van der Waals surface area contributed by atoms with Crippen LogP contribution in [0.1, 0.15) is 18.3 Å². The number of hydrogen-bond donors (Lipinski definition) is 1. The van der Waals surface area contributed by atoms with Gasteiger partial charge in [-0.05, 0) is 26.1 Å². The zero-order chi connectivity index (χ0) is 19.7. The maximum absolute atomic E-state index is 13.1. The van der Waals surface area contributed by atoms with E-state index in [1.165, 1.54) is 0 Å². The van der Waals surface area contributed by atoms with Gasteiger partial charge in [0, 0.05) is 44.7 Å². The molecule has 0 spiro atoms. The SMILES string of the molecule is COc1cccc(-c2nc3c([nH]2)CN(C(=O)[C@@H](C)N2CCN(C)CC2)CC3)c1. The number of ether oxygens (including phenoxy) is 1. The number of likely N-dealkylation sites (N-methyl/N-ethyl adjacent to an activating group) is 1. The van der Waals surface area contributed by atoms with Crippen molar-refractivity contribution in [3.8, 4) is 17.1 Å². The summed E-state index contributed by atoms with van der Waals surface area (Å²) in [4.78, 5) is 27.8. The summed E-state index contributed by atoms with van der Waals surface area (Å²) in [6.07, 6.45) is 0.789. The zero-order valence-electron chi connectivity index (χ0n) is 16.9. The van der Waals surface area contributed by atoms with Crippen LogP contribution in [0.4, 0.5) is 0 Å². The summed E-state index contributed by atoms with van der Waals surface area (Å²) in [5.41, 5.74) is 3.11. The number of hydrogen-bond acceptors (Lipinski definition) is 5. The second-order valence-corrected chi connectivity index (χ2v) is 7.77. The molecule has 7 nitrogen and oxygen atoms in total. The molecule has 2 aliphatic rings. The summed E-state index contributed by atoms with van der Waals surface area (Å²) in [6.45, 7) is 7.31. The third-order valence-electron chi connectivity index (χ3n) is 5.93. The number of imidazole rings is 1. The fourth-order valence-corrected chi connectivity index (χ4v) is 4.02. The van der Waals surface area contributed by atoms with Crippen molar-refractivity contribution in [1.82, 2.24) is 24.7 Å². The number of benzene rings is 1. The van der Waals surface area contributed by atoms with E-state index in [4.69, 9.17) is 9.72 Å². The monoisotopic (exact) mass is 383 g/mol. The van der Waals surface area contributed by atoms with E-state index in [-0.39, 0.29) is 11.9 Å². The van der Waals surface area contributed by atoms with E-state index in [1.807, 2.05) is 36.1 Å². The molecule has 4 rings (SSSR count). The van der Waals surface area contributed by atoms with Crippen LogP contribution in [0.25, 0.3) is 11.4 Å². The molecule has 150 valence electrons. The van der Waals surface area contributed by atoms with Gasteiger partial charge in [0.2, 0.25) is 5.91 Å². The average molecular weight is 383 g/mol. The summed E-state index contributed by atoms with van der Waals surface area (Å²) in [7, 11) is 3.80. The lowest BCUT2D eigenvalue weighted by Gasteiger charge is -2.38. The van der Waals surface area contributed by atoms with Gasteiger partial charge in [-0.3, -0.25) is 9.69 Å². The standard InChI is InChI=1S/C21H29N5O2/c1-15(25-11-9-24(2)10-12-25)21(27)26-8-7-18-19(14-26)23-20(22-18)16-5-4-6-17(13-16)28-3/h4-6,13,15H,7-12,14H2,1-3H3,(H,22,23)/t15-/m1/s1. The molecule has 0 aliphatic carbocycles. The van der Waals surface area contributed by atoms with E-state index >= 15 is 0 Å². The maximum atomic E-state index is 13.1. The van der Waals surface area contributed by atoms with Crippen molar-refractivity contribution in [3.63, 3.8) is 0 Å². The summed E-state index contributed by atoms with van der Waals surface area (Å²) >= 11 is 0. The van der Waals surface area contributed by atoms with E-state index in [0.717, 1.165) is 67.7 Å². The van der Waals surface area contributed by atoms with E-state index in [1.54, 1.807) is 7.11 Å². The molecule has 1 N–H and O–H groups in total. The van der Waals surface area contributed by atoms with Crippen molar-refractivity contribution >= 4 is 5.91 Å². The van der Waals surface area contributed by atoms with Crippen LogP contribution in [0.5, 0.6) is 5.75 Å². The Morgan fingerprint density at radius 2 is 2.00 bits per heavy atom. The number of H-pyrrole nitrogens is 1. The lowest BCUT2D eigenvalue weighted by Crippen LogP contribution is -2.54. The molecule has 1 amide bonds. The highest BCUT2D eigenvalue weighted by atomic mass is 16.5. The molecule has 7 heteroatoms. The van der Waals surface area contributed by atoms with Crippen molar-refractivity contribution in [2.75, 3.05) is 46.9 Å². The first-order valence-electron chi connectivity index (χ1n) is 9.98. The van der Waals surface area contributed by atoms with Crippen LogP contribution in [0, 0.1) is 0 Å². The molecule has 1 saturated heterocycles. The highest BCUT2D eigenvalue weighted by Crippen LogP contribution is 2.26. The summed E-state index contributed by atoms with van der Waals surface area (Å²) in [5.74, 6) is 1.86. The minimum absolute atomic E-state index is 0.0731. The maximum Gasteiger partial charge on any atom is 0.240 e. The van der Waals surface area contributed by atoms with Crippen molar-refractivity contribution in [2.45, 2.75) is 25.9 Å². The zero-order valence-corrected chi connectivity index (χ0v) is 16.9. The van der Waals surface area contributed by atoms with Crippen LogP contribution >= 0.6 is 0 Å². The number of methoxy groups -OCH3 is 1. The van der Waals surface area contributed by atoms with E-state index in [9.17, 15) is 4.79 Å². The van der Waals surface area contributed by atoms with Gasteiger partial charge in [-0.25, -0.2) is 4.98 Å². The Kier molecular flexibility index (Phi) is 5.37. The third kappa shape index (κ3) is 3.77. The smallest absolute Gasteiger partial charge is 0.240 e. The molecular formula is C21H29N5O2. The largest absolute Gasteiger partial charge is 0.497 e. The molecule has 0 unspecified atom stereocenters. The number of piperazine rings is 1. The van der Waals surface area contributed by atoms with Crippen molar-refractivity contribution in [1.29, 1.82) is 0 Å². The fourth-order valence-electron chi connectivity index (χ4n) is 4.02. The number of amides is 1. The Hall–Kier alpha value is -2.38. The molecule has 2 aliphatic heterocycles. The second-order valence-electron chi connectivity index (χ2n) is 7.77. The van der Waals surface area contributed by atoms with Crippen LogP contribution in [-0.4, -0.2) is 83.5 Å². The fraction of sp³-hybridized carbons (Fsp3) is 0.524. The number of nitrogens with one attached hydrogen (secondary N) is 1. The van der Waals surface area contributed by atoms with Gasteiger partial charge in [0.1, 0.15) is 11.6 Å².